The van der Waals surface area contributed by atoms with Crippen molar-refractivity contribution in [3.63, 3.8) is 0 Å². The summed E-state index contributed by atoms with van der Waals surface area (Å²) in [4.78, 5) is 4.27. The lowest BCUT2D eigenvalue weighted by atomic mass is 9.80. The Morgan fingerprint density at radius 1 is 1.17 bits per heavy atom. The van der Waals surface area contributed by atoms with Crippen molar-refractivity contribution >= 4 is 0 Å². The Labute approximate surface area is 104 Å². The van der Waals surface area contributed by atoms with Gasteiger partial charge in [-0.1, -0.05) is 6.07 Å². The van der Waals surface area contributed by atoms with Crippen LogP contribution in [0.15, 0.2) is 18.2 Å². The summed E-state index contributed by atoms with van der Waals surface area (Å²) in [6.07, 6.45) is -2.66. The van der Waals surface area contributed by atoms with Crippen molar-refractivity contribution in [2.75, 3.05) is 0 Å². The van der Waals surface area contributed by atoms with Gasteiger partial charge in [-0.05, 0) is 37.8 Å². The molecule has 1 fully saturated rings. The molecular weight excluding hydrogens is 243 g/mol. The molecule has 0 atom stereocenters. The second-order valence-electron chi connectivity index (χ2n) is 4.80. The highest BCUT2D eigenvalue weighted by Crippen LogP contribution is 2.42. The molecule has 1 saturated carbocycles. The predicted octanol–water partition coefficient (Wildman–Crippen LogP) is 3.41. The van der Waals surface area contributed by atoms with E-state index in [9.17, 15) is 13.2 Å². The summed E-state index contributed by atoms with van der Waals surface area (Å²) in [7, 11) is 0. The van der Waals surface area contributed by atoms with Crippen molar-refractivity contribution in [3.05, 3.63) is 29.6 Å². The van der Waals surface area contributed by atoms with Gasteiger partial charge in [0.2, 0.25) is 0 Å². The highest BCUT2D eigenvalue weighted by Gasteiger charge is 2.41. The topological polar surface area (TPSA) is 33.1 Å². The highest BCUT2D eigenvalue weighted by atomic mass is 19.4. The van der Waals surface area contributed by atoms with E-state index in [-0.39, 0.29) is 25.4 Å². The number of alkyl halides is 3. The van der Waals surface area contributed by atoms with Gasteiger partial charge in [-0.2, -0.15) is 13.2 Å². The first-order valence-electron chi connectivity index (χ1n) is 6.14. The number of hydrogen-bond acceptors (Lipinski definition) is 2. The number of halogens is 3. The standard InChI is InChI=1S/C13H16F3NO/c14-13(15,16)10-6-4-9(5-7-10)12-3-1-2-11(8-18)17-12/h1-3,9-10,18H,4-8H2. The summed E-state index contributed by atoms with van der Waals surface area (Å²) in [6.45, 7) is -0.133. The zero-order chi connectivity index (χ0) is 13.2. The van der Waals surface area contributed by atoms with Crippen LogP contribution < -0.4 is 0 Å². The fourth-order valence-corrected chi connectivity index (χ4v) is 2.53. The van der Waals surface area contributed by atoms with Crippen LogP contribution in [0.25, 0.3) is 0 Å². The predicted molar refractivity (Wildman–Crippen MR) is 60.9 cm³/mol. The number of aliphatic hydroxyl groups excluding tert-OH is 1. The summed E-state index contributed by atoms with van der Waals surface area (Å²) in [5, 5.41) is 9.00. The largest absolute Gasteiger partial charge is 0.391 e. The summed E-state index contributed by atoms with van der Waals surface area (Å²) in [6, 6.07) is 5.34. The van der Waals surface area contributed by atoms with Gasteiger partial charge in [0.05, 0.1) is 18.2 Å². The lowest BCUT2D eigenvalue weighted by Crippen LogP contribution is -2.27. The smallest absolute Gasteiger partial charge is 0.390 e. The summed E-state index contributed by atoms with van der Waals surface area (Å²) in [5.41, 5.74) is 1.38. The lowest BCUT2D eigenvalue weighted by Gasteiger charge is -2.29. The second-order valence-corrected chi connectivity index (χ2v) is 4.80. The molecule has 1 N–H and O–H groups in total. The molecule has 0 radical (unpaired) electrons. The first kappa shape index (κ1) is 13.3. The van der Waals surface area contributed by atoms with E-state index in [1.807, 2.05) is 6.07 Å². The molecule has 1 aromatic rings. The summed E-state index contributed by atoms with van der Waals surface area (Å²) in [5.74, 6) is -1.06. The third-order valence-corrected chi connectivity index (χ3v) is 3.60. The normalized spacial score (nSPS) is 25.1. The van der Waals surface area contributed by atoms with E-state index >= 15 is 0 Å². The molecule has 0 spiro atoms. The van der Waals surface area contributed by atoms with E-state index in [0.29, 0.717) is 18.5 Å². The van der Waals surface area contributed by atoms with E-state index in [1.54, 1.807) is 12.1 Å². The summed E-state index contributed by atoms with van der Waals surface area (Å²) < 4.78 is 37.6. The fraction of sp³-hybridized carbons (Fsp3) is 0.615. The molecule has 1 aliphatic carbocycles. The Balaban J connectivity index is 2.01. The number of aromatic nitrogens is 1. The first-order chi connectivity index (χ1) is 8.50. The fourth-order valence-electron chi connectivity index (χ4n) is 2.53. The van der Waals surface area contributed by atoms with Gasteiger partial charge in [-0.15, -0.1) is 0 Å². The van der Waals surface area contributed by atoms with Gasteiger partial charge in [0.25, 0.3) is 0 Å². The van der Waals surface area contributed by atoms with E-state index in [2.05, 4.69) is 4.98 Å². The van der Waals surface area contributed by atoms with E-state index in [1.165, 1.54) is 0 Å². The molecule has 0 aliphatic heterocycles. The maximum Gasteiger partial charge on any atom is 0.391 e. The maximum absolute atomic E-state index is 12.5. The third-order valence-electron chi connectivity index (χ3n) is 3.60. The molecule has 0 amide bonds. The second kappa shape index (κ2) is 5.26. The summed E-state index contributed by atoms with van der Waals surface area (Å²) >= 11 is 0. The van der Waals surface area contributed by atoms with Crippen LogP contribution in [0, 0.1) is 5.92 Å². The number of hydrogen-bond donors (Lipinski definition) is 1. The molecule has 0 bridgehead atoms. The van der Waals surface area contributed by atoms with Crippen LogP contribution in [0.4, 0.5) is 13.2 Å². The van der Waals surface area contributed by atoms with Crippen LogP contribution in [0.3, 0.4) is 0 Å². The van der Waals surface area contributed by atoms with E-state index < -0.39 is 12.1 Å². The van der Waals surface area contributed by atoms with Crippen LogP contribution in [0.5, 0.6) is 0 Å². The van der Waals surface area contributed by atoms with Crippen LogP contribution in [-0.2, 0) is 6.61 Å². The molecule has 1 heterocycles. The van der Waals surface area contributed by atoms with Gasteiger partial charge in [0.1, 0.15) is 0 Å². The van der Waals surface area contributed by atoms with E-state index in [4.69, 9.17) is 5.11 Å². The van der Waals surface area contributed by atoms with Crippen LogP contribution in [-0.4, -0.2) is 16.3 Å². The van der Waals surface area contributed by atoms with Crippen molar-refractivity contribution < 1.29 is 18.3 Å². The van der Waals surface area contributed by atoms with Crippen molar-refractivity contribution in [2.45, 2.75) is 44.4 Å². The Morgan fingerprint density at radius 3 is 2.39 bits per heavy atom. The SMILES string of the molecule is OCc1cccc(C2CCC(C(F)(F)F)CC2)n1. The lowest BCUT2D eigenvalue weighted by molar-refractivity contribution is -0.182. The van der Waals surface area contributed by atoms with Crippen LogP contribution in [0.2, 0.25) is 0 Å². The van der Waals surface area contributed by atoms with Gasteiger partial charge in [0, 0.05) is 11.6 Å². The van der Waals surface area contributed by atoms with Gasteiger partial charge < -0.3 is 5.11 Å². The number of pyridine rings is 1. The maximum atomic E-state index is 12.5. The Bertz CT molecular complexity index is 397. The number of nitrogens with zero attached hydrogens (tertiary/aromatic N) is 1. The number of rotatable bonds is 2. The monoisotopic (exact) mass is 259 g/mol. The van der Waals surface area contributed by atoms with Crippen LogP contribution in [0.1, 0.15) is 43.0 Å². The molecule has 0 unspecified atom stereocenters. The molecule has 2 rings (SSSR count). The average Bonchev–Trinajstić information content (AvgIpc) is 2.38. The minimum absolute atomic E-state index is 0.0927. The molecular formula is C13H16F3NO. The molecule has 1 aromatic heterocycles. The molecule has 5 heteroatoms. The highest BCUT2D eigenvalue weighted by molar-refractivity contribution is 5.15. The molecule has 2 nitrogen and oxygen atoms in total. The van der Waals surface area contributed by atoms with E-state index in [0.717, 1.165) is 5.69 Å². The average molecular weight is 259 g/mol. The van der Waals surface area contributed by atoms with Crippen molar-refractivity contribution in [1.29, 1.82) is 0 Å². The van der Waals surface area contributed by atoms with Crippen molar-refractivity contribution in [3.8, 4) is 0 Å². The first-order valence-corrected chi connectivity index (χ1v) is 6.14. The molecule has 100 valence electrons. The molecule has 0 aromatic carbocycles. The minimum Gasteiger partial charge on any atom is -0.390 e. The van der Waals surface area contributed by atoms with Gasteiger partial charge in [-0.3, -0.25) is 4.98 Å². The van der Waals surface area contributed by atoms with Crippen LogP contribution >= 0.6 is 0 Å². The van der Waals surface area contributed by atoms with Crippen molar-refractivity contribution in [2.24, 2.45) is 5.92 Å². The Hall–Kier alpha value is -1.10. The quantitative estimate of drug-likeness (QED) is 0.882. The molecule has 0 saturated heterocycles. The third kappa shape index (κ3) is 3.02. The molecule has 1 aliphatic rings. The zero-order valence-electron chi connectivity index (χ0n) is 9.95. The molecule has 18 heavy (non-hydrogen) atoms. The zero-order valence-corrected chi connectivity index (χ0v) is 9.95. The van der Waals surface area contributed by atoms with Gasteiger partial charge >= 0.3 is 6.18 Å². The number of aliphatic hydroxyl groups is 1. The van der Waals surface area contributed by atoms with Crippen molar-refractivity contribution in [1.82, 2.24) is 4.98 Å². The van der Waals surface area contributed by atoms with Gasteiger partial charge in [-0.25, -0.2) is 0 Å². The Morgan fingerprint density at radius 2 is 1.83 bits per heavy atom. The minimum atomic E-state index is -4.06. The Kier molecular flexibility index (Phi) is 3.90. The van der Waals surface area contributed by atoms with Gasteiger partial charge in [0.15, 0.2) is 0 Å².